The van der Waals surface area contributed by atoms with E-state index in [1.54, 1.807) is 33.0 Å². The van der Waals surface area contributed by atoms with Crippen LogP contribution in [0.15, 0.2) is 24.3 Å². The summed E-state index contributed by atoms with van der Waals surface area (Å²) in [5.41, 5.74) is 0.514. The number of carboxylic acids is 1. The predicted molar refractivity (Wildman–Crippen MR) is 97.3 cm³/mol. The van der Waals surface area contributed by atoms with Crippen molar-refractivity contribution >= 4 is 32.8 Å². The van der Waals surface area contributed by atoms with E-state index in [0.29, 0.717) is 5.69 Å². The number of anilines is 1. The van der Waals surface area contributed by atoms with E-state index < -0.39 is 38.1 Å². The van der Waals surface area contributed by atoms with Crippen molar-refractivity contribution < 1.29 is 29.7 Å². The fourth-order valence-electron chi connectivity index (χ4n) is 4.02. The Bertz CT molecular complexity index is 780. The molecular formula is C17H22N2O6S. The molecule has 0 bridgehead atoms. The normalized spacial score (nSPS) is 31.5. The number of amides is 2. The highest BCUT2D eigenvalue weighted by molar-refractivity contribution is 8.46. The molecule has 26 heavy (non-hydrogen) atoms. The van der Waals surface area contributed by atoms with Gasteiger partial charge in [0.2, 0.25) is 5.91 Å². The molecule has 2 fully saturated rings. The molecule has 8 nitrogen and oxygen atoms in total. The summed E-state index contributed by atoms with van der Waals surface area (Å²) < 4.78 is -1.09. The van der Waals surface area contributed by atoms with Crippen LogP contribution in [-0.4, -0.2) is 66.5 Å². The van der Waals surface area contributed by atoms with Crippen LogP contribution in [-0.2, 0) is 9.59 Å². The van der Waals surface area contributed by atoms with Gasteiger partial charge in [-0.25, -0.2) is 4.79 Å². The Balaban J connectivity index is 2.07. The molecular weight excluding hydrogens is 360 g/mol. The van der Waals surface area contributed by atoms with Gasteiger partial charge in [-0.05, 0) is 38.1 Å². The number of aliphatic hydroxyl groups is 1. The number of phenolic OH excluding ortho intramolecular Hbond substituents is 1. The Labute approximate surface area is 152 Å². The minimum atomic E-state index is -2.58. The van der Waals surface area contributed by atoms with Crippen molar-refractivity contribution in [1.29, 1.82) is 0 Å². The predicted octanol–water partition coefficient (Wildman–Crippen LogP) is 1.51. The second-order valence-corrected chi connectivity index (χ2v) is 10.9. The zero-order valence-corrected chi connectivity index (χ0v) is 15.6. The van der Waals surface area contributed by atoms with Crippen LogP contribution < -0.4 is 4.90 Å². The van der Waals surface area contributed by atoms with Crippen LogP contribution in [0.3, 0.4) is 0 Å². The van der Waals surface area contributed by atoms with Crippen LogP contribution in [0.4, 0.5) is 10.5 Å². The molecule has 1 aromatic rings. The first-order valence-corrected chi connectivity index (χ1v) is 9.97. The number of aromatic hydroxyl groups is 1. The summed E-state index contributed by atoms with van der Waals surface area (Å²) in [4.78, 5) is 40.0. The Morgan fingerprint density at radius 1 is 1.31 bits per heavy atom. The Morgan fingerprint density at radius 3 is 2.31 bits per heavy atom. The van der Waals surface area contributed by atoms with Crippen molar-refractivity contribution in [2.45, 2.75) is 36.4 Å². The number of fused-ring (bicyclic) bond motifs is 1. The Kier molecular flexibility index (Phi) is 4.19. The standard InChI is InChI=1S/C17H22N2O6S/c1-17(2)14(15(23)24)19-12(22)8-13(19)26(17,9-20)16(25)18(3)10-4-6-11(21)7-5-10/h4-7,13-14,20-21H,8-9H2,1-3H3,(H,23,24)/t13-,14+/m1/s1. The zero-order valence-electron chi connectivity index (χ0n) is 14.7. The van der Waals surface area contributed by atoms with Crippen LogP contribution >= 0.6 is 10.0 Å². The van der Waals surface area contributed by atoms with Gasteiger partial charge in [-0.3, -0.25) is 9.59 Å². The van der Waals surface area contributed by atoms with Crippen LogP contribution in [0.25, 0.3) is 0 Å². The lowest BCUT2D eigenvalue weighted by Crippen LogP contribution is -2.57. The fraction of sp³-hybridized carbons (Fsp3) is 0.471. The third-order valence-corrected chi connectivity index (χ3v) is 10.3. The van der Waals surface area contributed by atoms with E-state index in [0.717, 1.165) is 0 Å². The van der Waals surface area contributed by atoms with Crippen LogP contribution in [0, 0.1) is 0 Å². The first kappa shape index (κ1) is 18.5. The molecule has 0 saturated carbocycles. The molecule has 2 aliphatic rings. The summed E-state index contributed by atoms with van der Waals surface area (Å²) in [6.07, 6.45) is 0.0677. The summed E-state index contributed by atoms with van der Waals surface area (Å²) in [7, 11) is -1.03. The lowest BCUT2D eigenvalue weighted by atomic mass is 9.98. The summed E-state index contributed by atoms with van der Waals surface area (Å²) >= 11 is 0. The van der Waals surface area contributed by atoms with Crippen LogP contribution in [0.2, 0.25) is 0 Å². The minimum Gasteiger partial charge on any atom is -0.508 e. The number of benzene rings is 1. The largest absolute Gasteiger partial charge is 0.508 e. The second-order valence-electron chi connectivity index (χ2n) is 7.07. The van der Waals surface area contributed by atoms with Gasteiger partial charge in [-0.2, -0.15) is 0 Å². The first-order valence-electron chi connectivity index (χ1n) is 8.10. The van der Waals surface area contributed by atoms with Crippen molar-refractivity contribution in [3.05, 3.63) is 24.3 Å². The topological polar surface area (TPSA) is 118 Å². The van der Waals surface area contributed by atoms with Gasteiger partial charge in [0, 0.05) is 17.5 Å². The molecule has 3 rings (SSSR count). The average molecular weight is 382 g/mol. The number of rotatable bonds is 3. The lowest BCUT2D eigenvalue weighted by Gasteiger charge is -2.50. The second kappa shape index (κ2) is 5.88. The number of carboxylic acid groups (broad SMARTS) is 1. The summed E-state index contributed by atoms with van der Waals surface area (Å²) in [5.74, 6) is -1.91. The number of aliphatic hydroxyl groups excluding tert-OH is 1. The molecule has 3 atom stereocenters. The third kappa shape index (κ3) is 2.16. The van der Waals surface area contributed by atoms with E-state index >= 15 is 0 Å². The summed E-state index contributed by atoms with van der Waals surface area (Å²) in [6.45, 7) is 3.29. The van der Waals surface area contributed by atoms with Gasteiger partial charge in [0.25, 0.3) is 5.24 Å². The summed E-state index contributed by atoms with van der Waals surface area (Å²) in [5, 5.41) is 28.4. The highest BCUT2D eigenvalue weighted by Crippen LogP contribution is 2.74. The Hall–Kier alpha value is -2.26. The van der Waals surface area contributed by atoms with Crippen molar-refractivity contribution in [2.75, 3.05) is 17.9 Å². The number of phenols is 1. The molecule has 3 N–H and O–H groups in total. The monoisotopic (exact) mass is 382 g/mol. The third-order valence-electron chi connectivity index (χ3n) is 5.55. The van der Waals surface area contributed by atoms with Gasteiger partial charge in [0.15, 0.2) is 0 Å². The maximum atomic E-state index is 13.5. The molecule has 0 radical (unpaired) electrons. The van der Waals surface area contributed by atoms with E-state index in [1.165, 1.54) is 21.9 Å². The van der Waals surface area contributed by atoms with Gasteiger partial charge < -0.3 is 25.1 Å². The average Bonchev–Trinajstić information content (AvgIpc) is 2.75. The van der Waals surface area contributed by atoms with Crippen molar-refractivity contribution in [3.63, 3.8) is 0 Å². The molecule has 0 aliphatic carbocycles. The summed E-state index contributed by atoms with van der Waals surface area (Å²) in [6, 6.07) is 4.88. The number of carbonyl (C=O) groups is 3. The highest BCUT2D eigenvalue weighted by Gasteiger charge is 2.71. The van der Waals surface area contributed by atoms with Gasteiger partial charge in [0.1, 0.15) is 11.8 Å². The van der Waals surface area contributed by atoms with Crippen molar-refractivity contribution in [1.82, 2.24) is 4.90 Å². The Morgan fingerprint density at radius 2 is 1.88 bits per heavy atom. The highest BCUT2D eigenvalue weighted by atomic mass is 32.3. The molecule has 9 heteroatoms. The maximum Gasteiger partial charge on any atom is 0.327 e. The van der Waals surface area contributed by atoms with E-state index in [2.05, 4.69) is 0 Å². The van der Waals surface area contributed by atoms with Gasteiger partial charge in [-0.1, -0.05) is 0 Å². The number of β-lactam (4-membered cyclic amide) rings is 1. The number of nitrogens with zero attached hydrogens (tertiary/aromatic N) is 2. The molecule has 2 heterocycles. The van der Waals surface area contributed by atoms with Crippen molar-refractivity contribution in [2.24, 2.45) is 0 Å². The smallest absolute Gasteiger partial charge is 0.327 e. The number of aliphatic carboxylic acids is 1. The number of hydrogen-bond donors (Lipinski definition) is 3. The molecule has 1 aromatic carbocycles. The van der Waals surface area contributed by atoms with Gasteiger partial charge in [-0.15, -0.1) is 10.0 Å². The zero-order chi connectivity index (χ0) is 19.4. The molecule has 0 spiro atoms. The van der Waals surface area contributed by atoms with E-state index in [1.807, 2.05) is 0 Å². The molecule has 142 valence electrons. The van der Waals surface area contributed by atoms with Crippen LogP contribution in [0.5, 0.6) is 5.75 Å². The number of carbonyl (C=O) groups excluding carboxylic acids is 2. The molecule has 2 amide bonds. The van der Waals surface area contributed by atoms with Crippen LogP contribution in [0.1, 0.15) is 20.3 Å². The minimum absolute atomic E-state index is 0.0571. The maximum absolute atomic E-state index is 13.5. The quantitative estimate of drug-likeness (QED) is 0.682. The SMILES string of the molecule is CN(C(=O)S1(CO)[C@@H]2CC(=O)N2[C@@H](C(=O)O)C1(C)C)c1ccc(O)cc1. The van der Waals surface area contributed by atoms with Crippen molar-refractivity contribution in [3.8, 4) is 5.75 Å². The first-order chi connectivity index (χ1) is 12.1. The molecule has 1 unspecified atom stereocenters. The molecule has 2 saturated heterocycles. The number of hydrogen-bond acceptors (Lipinski definition) is 5. The van der Waals surface area contributed by atoms with Gasteiger partial charge >= 0.3 is 5.97 Å². The van der Waals surface area contributed by atoms with E-state index in [4.69, 9.17) is 0 Å². The van der Waals surface area contributed by atoms with E-state index in [9.17, 15) is 29.7 Å². The fourth-order valence-corrected chi connectivity index (χ4v) is 8.28. The molecule has 0 aromatic heterocycles. The molecule has 2 aliphatic heterocycles. The lowest BCUT2D eigenvalue weighted by molar-refractivity contribution is -0.157. The van der Waals surface area contributed by atoms with Gasteiger partial charge in [0.05, 0.1) is 17.7 Å². The van der Waals surface area contributed by atoms with E-state index in [-0.39, 0.29) is 23.3 Å².